The summed E-state index contributed by atoms with van der Waals surface area (Å²) < 4.78 is 8.31. The Kier molecular flexibility index (Phi) is 6.91. The molecule has 0 bridgehead atoms. The first-order valence-electron chi connectivity index (χ1n) is 8.73. The number of aromatic nitrogens is 2. The van der Waals surface area contributed by atoms with E-state index in [4.69, 9.17) is 16.3 Å². The molecule has 0 spiro atoms. The van der Waals surface area contributed by atoms with Gasteiger partial charge in [-0.15, -0.1) is 0 Å². The number of fused-ring (bicyclic) bond motifs is 1. The molecule has 8 heteroatoms. The standard InChI is InChI=1S/C20H18Br2ClN3O2/c1-3-4-5-18-25-17-7-6-13(21)9-15(17)20(27)26(18)24-11-12-8-14(23)10-16(22)19(12)28-2/h6-11H,3-5H2,1-2H3. The van der Waals surface area contributed by atoms with E-state index in [9.17, 15) is 4.79 Å². The molecule has 1 heterocycles. The van der Waals surface area contributed by atoms with Gasteiger partial charge in [-0.3, -0.25) is 4.79 Å². The summed E-state index contributed by atoms with van der Waals surface area (Å²) in [5.74, 6) is 1.21. The Labute approximate surface area is 184 Å². The molecule has 2 aromatic carbocycles. The minimum absolute atomic E-state index is 0.214. The largest absolute Gasteiger partial charge is 0.495 e. The summed E-state index contributed by atoms with van der Waals surface area (Å²) in [6.45, 7) is 2.10. The van der Waals surface area contributed by atoms with Crippen molar-refractivity contribution in [2.24, 2.45) is 5.10 Å². The van der Waals surface area contributed by atoms with Gasteiger partial charge in [-0.25, -0.2) is 4.98 Å². The molecule has 0 aliphatic heterocycles. The number of halogens is 3. The highest BCUT2D eigenvalue weighted by molar-refractivity contribution is 9.10. The molecule has 1 aromatic heterocycles. The van der Waals surface area contributed by atoms with Crippen molar-refractivity contribution in [1.82, 2.24) is 9.66 Å². The van der Waals surface area contributed by atoms with Crippen LogP contribution >= 0.6 is 43.5 Å². The molecule has 0 unspecified atom stereocenters. The first-order valence-corrected chi connectivity index (χ1v) is 10.7. The van der Waals surface area contributed by atoms with E-state index < -0.39 is 0 Å². The van der Waals surface area contributed by atoms with E-state index in [0.29, 0.717) is 44.0 Å². The van der Waals surface area contributed by atoms with Gasteiger partial charge < -0.3 is 4.74 Å². The van der Waals surface area contributed by atoms with Gasteiger partial charge in [0, 0.05) is 21.5 Å². The molecule has 0 atom stereocenters. The fourth-order valence-corrected chi connectivity index (χ4v) is 4.18. The maximum Gasteiger partial charge on any atom is 0.282 e. The van der Waals surface area contributed by atoms with Gasteiger partial charge >= 0.3 is 0 Å². The summed E-state index contributed by atoms with van der Waals surface area (Å²) in [4.78, 5) is 17.8. The molecule has 0 amide bonds. The van der Waals surface area contributed by atoms with Crippen LogP contribution in [-0.2, 0) is 6.42 Å². The van der Waals surface area contributed by atoms with Crippen LogP contribution in [0.15, 0.2) is 49.2 Å². The number of rotatable bonds is 6. The quantitative estimate of drug-likeness (QED) is 0.380. The molecular formula is C20H18Br2ClN3O2. The van der Waals surface area contributed by atoms with Gasteiger partial charge in [0.15, 0.2) is 0 Å². The Morgan fingerprint density at radius 1 is 1.29 bits per heavy atom. The maximum atomic E-state index is 13.1. The topological polar surface area (TPSA) is 56.5 Å². The van der Waals surface area contributed by atoms with Crippen LogP contribution in [0.1, 0.15) is 31.2 Å². The van der Waals surface area contributed by atoms with Crippen LogP contribution in [0.3, 0.4) is 0 Å². The molecule has 0 radical (unpaired) electrons. The van der Waals surface area contributed by atoms with Crippen molar-refractivity contribution >= 4 is 60.6 Å². The Hall–Kier alpha value is -1.70. The van der Waals surface area contributed by atoms with Gasteiger partial charge in [-0.2, -0.15) is 9.78 Å². The number of methoxy groups -OCH3 is 1. The molecule has 0 fully saturated rings. The summed E-state index contributed by atoms with van der Waals surface area (Å²) in [6.07, 6.45) is 4.13. The third kappa shape index (κ3) is 4.47. The van der Waals surface area contributed by atoms with Gasteiger partial charge in [-0.05, 0) is 52.7 Å². The number of hydrogen-bond acceptors (Lipinski definition) is 4. The molecule has 28 heavy (non-hydrogen) atoms. The van der Waals surface area contributed by atoms with Crippen LogP contribution in [0.25, 0.3) is 10.9 Å². The lowest BCUT2D eigenvalue weighted by Crippen LogP contribution is -2.22. The third-order valence-electron chi connectivity index (χ3n) is 4.18. The zero-order valence-electron chi connectivity index (χ0n) is 15.4. The van der Waals surface area contributed by atoms with Crippen molar-refractivity contribution in [3.05, 3.63) is 66.0 Å². The Morgan fingerprint density at radius 2 is 2.07 bits per heavy atom. The highest BCUT2D eigenvalue weighted by atomic mass is 79.9. The fourth-order valence-electron chi connectivity index (χ4n) is 2.82. The summed E-state index contributed by atoms with van der Waals surface area (Å²) in [7, 11) is 1.57. The molecule has 146 valence electrons. The number of aryl methyl sites for hydroxylation is 1. The van der Waals surface area contributed by atoms with Gasteiger partial charge in [-0.1, -0.05) is 40.9 Å². The molecule has 0 saturated carbocycles. The lowest BCUT2D eigenvalue weighted by atomic mass is 10.2. The number of nitrogens with zero attached hydrogens (tertiary/aromatic N) is 3. The van der Waals surface area contributed by atoms with Crippen molar-refractivity contribution < 1.29 is 4.74 Å². The second-order valence-corrected chi connectivity index (χ2v) is 8.37. The molecule has 0 saturated heterocycles. The zero-order valence-corrected chi connectivity index (χ0v) is 19.3. The minimum atomic E-state index is -0.214. The molecule has 0 aliphatic rings. The summed E-state index contributed by atoms with van der Waals surface area (Å²) >= 11 is 13.0. The predicted molar refractivity (Wildman–Crippen MR) is 121 cm³/mol. The van der Waals surface area contributed by atoms with E-state index in [1.165, 1.54) is 4.68 Å². The Morgan fingerprint density at radius 3 is 2.79 bits per heavy atom. The van der Waals surface area contributed by atoms with Gasteiger partial charge in [0.25, 0.3) is 5.56 Å². The van der Waals surface area contributed by atoms with Crippen molar-refractivity contribution in [3.8, 4) is 5.75 Å². The maximum absolute atomic E-state index is 13.1. The average molecular weight is 528 g/mol. The lowest BCUT2D eigenvalue weighted by molar-refractivity contribution is 0.411. The summed E-state index contributed by atoms with van der Waals surface area (Å²) in [5, 5.41) is 5.48. The minimum Gasteiger partial charge on any atom is -0.495 e. The van der Waals surface area contributed by atoms with Crippen LogP contribution in [0.5, 0.6) is 5.75 Å². The number of unbranched alkanes of at least 4 members (excludes halogenated alkanes) is 1. The molecular weight excluding hydrogens is 510 g/mol. The van der Waals surface area contributed by atoms with Crippen molar-refractivity contribution in [1.29, 1.82) is 0 Å². The highest BCUT2D eigenvalue weighted by Crippen LogP contribution is 2.31. The van der Waals surface area contributed by atoms with E-state index in [1.54, 1.807) is 31.5 Å². The Balaban J connectivity index is 2.17. The molecule has 0 aliphatic carbocycles. The van der Waals surface area contributed by atoms with E-state index in [-0.39, 0.29) is 5.56 Å². The highest BCUT2D eigenvalue weighted by Gasteiger charge is 2.12. The van der Waals surface area contributed by atoms with Crippen molar-refractivity contribution in [2.75, 3.05) is 7.11 Å². The average Bonchev–Trinajstić information content (AvgIpc) is 2.66. The van der Waals surface area contributed by atoms with Crippen LogP contribution in [0.4, 0.5) is 0 Å². The summed E-state index contributed by atoms with van der Waals surface area (Å²) in [6, 6.07) is 8.95. The lowest BCUT2D eigenvalue weighted by Gasteiger charge is -2.10. The van der Waals surface area contributed by atoms with E-state index in [2.05, 4.69) is 48.9 Å². The first kappa shape index (κ1) is 21.0. The van der Waals surface area contributed by atoms with Gasteiger partial charge in [0.2, 0.25) is 0 Å². The van der Waals surface area contributed by atoms with Crippen LogP contribution < -0.4 is 10.3 Å². The molecule has 3 rings (SSSR count). The second kappa shape index (κ2) is 9.20. The Bertz CT molecular complexity index is 1110. The van der Waals surface area contributed by atoms with Crippen LogP contribution in [-0.4, -0.2) is 23.0 Å². The smallest absolute Gasteiger partial charge is 0.282 e. The fraction of sp³-hybridized carbons (Fsp3) is 0.250. The zero-order chi connectivity index (χ0) is 20.3. The summed E-state index contributed by atoms with van der Waals surface area (Å²) in [5.41, 5.74) is 1.10. The number of benzene rings is 2. The number of hydrogen-bond donors (Lipinski definition) is 0. The van der Waals surface area contributed by atoms with Crippen molar-refractivity contribution in [2.45, 2.75) is 26.2 Å². The first-order chi connectivity index (χ1) is 13.4. The molecule has 0 N–H and O–H groups in total. The van der Waals surface area contributed by atoms with E-state index >= 15 is 0 Å². The van der Waals surface area contributed by atoms with Crippen molar-refractivity contribution in [3.63, 3.8) is 0 Å². The number of ether oxygens (including phenoxy) is 1. The van der Waals surface area contributed by atoms with E-state index in [1.807, 2.05) is 12.1 Å². The predicted octanol–water partition coefficient (Wildman–Crippen LogP) is 5.81. The molecule has 5 nitrogen and oxygen atoms in total. The second-order valence-electron chi connectivity index (χ2n) is 6.16. The monoisotopic (exact) mass is 525 g/mol. The van der Waals surface area contributed by atoms with Crippen LogP contribution in [0.2, 0.25) is 5.02 Å². The normalized spacial score (nSPS) is 11.5. The van der Waals surface area contributed by atoms with E-state index in [0.717, 1.165) is 17.3 Å². The van der Waals surface area contributed by atoms with Crippen LogP contribution in [0, 0.1) is 0 Å². The third-order valence-corrected chi connectivity index (χ3v) is 5.48. The molecule has 3 aromatic rings. The van der Waals surface area contributed by atoms with Gasteiger partial charge in [0.05, 0.1) is 28.7 Å². The van der Waals surface area contributed by atoms with Gasteiger partial charge in [0.1, 0.15) is 11.6 Å². The SMILES string of the molecule is CCCCc1nc2ccc(Br)cc2c(=O)n1N=Cc1cc(Cl)cc(Br)c1OC.